The predicted molar refractivity (Wildman–Crippen MR) is 166 cm³/mol. The molecule has 20 heteroatoms. The van der Waals surface area contributed by atoms with Crippen LogP contribution >= 0.6 is 0 Å². The van der Waals surface area contributed by atoms with E-state index in [1.165, 1.54) is 9.80 Å². The topological polar surface area (TPSA) is 193 Å². The van der Waals surface area contributed by atoms with Gasteiger partial charge in [0, 0.05) is 51.3 Å². The second-order valence-electron chi connectivity index (χ2n) is 11.5. The summed E-state index contributed by atoms with van der Waals surface area (Å²) in [6.45, 7) is 0.778. The van der Waals surface area contributed by atoms with Crippen molar-refractivity contribution >= 4 is 35.7 Å². The molecule has 2 atom stereocenters. The number of carbonyl (C=O) groups excluding carboxylic acids is 5. The molecule has 0 radical (unpaired) electrons. The molecule has 1 aromatic heterocycles. The first-order valence-corrected chi connectivity index (χ1v) is 16.1. The summed E-state index contributed by atoms with van der Waals surface area (Å²) < 4.78 is 64.7. The van der Waals surface area contributed by atoms with Crippen LogP contribution in [0.15, 0.2) is 24.3 Å². The third kappa shape index (κ3) is 10.1. The number of ether oxygens (including phenoxy) is 2. The smallest absolute Gasteiger partial charge is 0.409 e. The third-order valence-electron chi connectivity index (χ3n) is 8.07. The number of aliphatic carboxylic acids is 1. The maximum absolute atomic E-state index is 14.2. The zero-order chi connectivity index (χ0) is 37.2. The quantitative estimate of drug-likeness (QED) is 0.238. The Labute approximate surface area is 288 Å². The lowest BCUT2D eigenvalue weighted by molar-refractivity contribution is -0.140. The van der Waals surface area contributed by atoms with Crippen molar-refractivity contribution in [3.8, 4) is 11.6 Å². The molecule has 0 saturated carbocycles. The molecule has 5 amide bonds. The molecule has 2 aliphatic rings. The highest BCUT2D eigenvalue weighted by atomic mass is 19.3. The fourth-order valence-corrected chi connectivity index (χ4v) is 5.53. The van der Waals surface area contributed by atoms with E-state index in [2.05, 4.69) is 15.7 Å². The van der Waals surface area contributed by atoms with Gasteiger partial charge < -0.3 is 39.9 Å². The first-order chi connectivity index (χ1) is 24.3. The van der Waals surface area contributed by atoms with Crippen molar-refractivity contribution in [2.75, 3.05) is 52.5 Å². The van der Waals surface area contributed by atoms with Crippen LogP contribution in [0.25, 0.3) is 5.69 Å². The molecule has 4 rings (SSSR count). The molecular formula is C31H37F4N7O9. The van der Waals surface area contributed by atoms with Crippen molar-refractivity contribution in [2.24, 2.45) is 0 Å². The van der Waals surface area contributed by atoms with Gasteiger partial charge in [0.2, 0.25) is 17.7 Å². The van der Waals surface area contributed by atoms with Gasteiger partial charge in [0.1, 0.15) is 12.1 Å². The molecule has 2 fully saturated rings. The summed E-state index contributed by atoms with van der Waals surface area (Å²) in [5, 5.41) is 17.9. The van der Waals surface area contributed by atoms with Crippen molar-refractivity contribution in [2.45, 2.75) is 51.1 Å². The Balaban J connectivity index is 1.52. The lowest BCUT2D eigenvalue weighted by Gasteiger charge is -2.35. The molecule has 0 aliphatic carbocycles. The molecule has 3 heterocycles. The number of rotatable bonds is 14. The summed E-state index contributed by atoms with van der Waals surface area (Å²) >= 11 is 0. The summed E-state index contributed by atoms with van der Waals surface area (Å²) in [4.78, 5) is 79.7. The number of carbonyl (C=O) groups is 6. The third-order valence-corrected chi connectivity index (χ3v) is 8.07. The van der Waals surface area contributed by atoms with Gasteiger partial charge in [-0.25, -0.2) is 27.0 Å². The summed E-state index contributed by atoms with van der Waals surface area (Å²) in [5.41, 5.74) is -0.535. The number of hydrogen-bond acceptors (Lipinski definition) is 9. The number of carboxylic acids is 1. The Kier molecular flexibility index (Phi) is 13.2. The molecule has 51 heavy (non-hydrogen) atoms. The molecule has 3 N–H and O–H groups in total. The number of piperazine rings is 1. The van der Waals surface area contributed by atoms with Gasteiger partial charge in [-0.05, 0) is 38.3 Å². The van der Waals surface area contributed by atoms with Crippen molar-refractivity contribution < 1.29 is 60.9 Å². The Morgan fingerprint density at radius 3 is 2.35 bits per heavy atom. The summed E-state index contributed by atoms with van der Waals surface area (Å²) in [5.74, 6) is -7.06. The number of carboxylic acid groups (broad SMARTS) is 1. The van der Waals surface area contributed by atoms with Crippen molar-refractivity contribution in [1.82, 2.24) is 35.1 Å². The molecule has 2 aromatic rings. The van der Waals surface area contributed by atoms with Gasteiger partial charge in [0.15, 0.2) is 23.9 Å². The van der Waals surface area contributed by atoms with E-state index in [9.17, 15) is 51.4 Å². The highest BCUT2D eigenvalue weighted by Crippen LogP contribution is 2.23. The van der Waals surface area contributed by atoms with Crippen molar-refractivity contribution in [3.05, 3.63) is 41.6 Å². The number of nitrogens with one attached hydrogen (secondary N) is 2. The minimum Gasteiger partial charge on any atom is -0.481 e. The largest absolute Gasteiger partial charge is 0.481 e. The van der Waals surface area contributed by atoms with Crippen LogP contribution < -0.4 is 15.4 Å². The zero-order valence-electron chi connectivity index (χ0n) is 27.5. The number of benzene rings is 1. The van der Waals surface area contributed by atoms with E-state index in [0.29, 0.717) is 6.42 Å². The minimum absolute atomic E-state index is 0.0830. The number of nitrogens with zero attached hydrogens (tertiary/aromatic N) is 5. The highest BCUT2D eigenvalue weighted by Gasteiger charge is 2.35. The van der Waals surface area contributed by atoms with Crippen LogP contribution in [0.5, 0.6) is 5.88 Å². The number of halogens is 4. The number of alkyl halides is 2. The Morgan fingerprint density at radius 1 is 1.00 bits per heavy atom. The number of amides is 5. The van der Waals surface area contributed by atoms with Crippen molar-refractivity contribution in [3.63, 3.8) is 0 Å². The van der Waals surface area contributed by atoms with Gasteiger partial charge in [0.25, 0.3) is 18.2 Å². The van der Waals surface area contributed by atoms with E-state index in [1.807, 2.05) is 0 Å². The molecule has 1 aromatic carbocycles. The second kappa shape index (κ2) is 17.5. The van der Waals surface area contributed by atoms with Gasteiger partial charge in [-0.3, -0.25) is 24.0 Å². The van der Waals surface area contributed by atoms with Crippen LogP contribution in [0.4, 0.5) is 22.4 Å². The number of aromatic nitrogens is 2. The fourth-order valence-electron chi connectivity index (χ4n) is 5.53. The summed E-state index contributed by atoms with van der Waals surface area (Å²) in [6.07, 6.45) is -3.49. The molecule has 2 aliphatic heterocycles. The Morgan fingerprint density at radius 2 is 1.71 bits per heavy atom. The monoisotopic (exact) mass is 727 g/mol. The Bertz CT molecular complexity index is 1620. The first-order valence-electron chi connectivity index (χ1n) is 16.1. The van der Waals surface area contributed by atoms with Gasteiger partial charge in [-0.15, -0.1) is 0 Å². The van der Waals surface area contributed by atoms with Crippen LogP contribution in [-0.4, -0.2) is 136 Å². The average molecular weight is 728 g/mol. The molecule has 0 bridgehead atoms. The van der Waals surface area contributed by atoms with Gasteiger partial charge in [-0.2, -0.15) is 5.10 Å². The second-order valence-corrected chi connectivity index (χ2v) is 11.5. The van der Waals surface area contributed by atoms with E-state index >= 15 is 0 Å². The number of hydrogen-bond donors (Lipinski definition) is 3. The Hall–Kier alpha value is -5.43. The van der Waals surface area contributed by atoms with E-state index in [0.717, 1.165) is 33.8 Å². The lowest BCUT2D eigenvalue weighted by atomic mass is 10.1. The summed E-state index contributed by atoms with van der Waals surface area (Å²) in [7, 11) is 0. The highest BCUT2D eigenvalue weighted by molar-refractivity contribution is 5.96. The lowest BCUT2D eigenvalue weighted by Crippen LogP contribution is -2.56. The van der Waals surface area contributed by atoms with Gasteiger partial charge in [-0.1, -0.05) is 0 Å². The van der Waals surface area contributed by atoms with Crippen LogP contribution in [0, 0.1) is 11.6 Å². The SMILES string of the molecule is CCOC(=O)N1CCN(C(=O)C(CCC(=O)O)NC(=O)c2cc(OCC(=O)N3CCCC3C(=O)NCC(F)F)n(-c3ccc(F)c(F)c3)n2)CC1. The van der Waals surface area contributed by atoms with Crippen LogP contribution in [0.2, 0.25) is 0 Å². The van der Waals surface area contributed by atoms with Gasteiger partial charge >= 0.3 is 12.1 Å². The first kappa shape index (κ1) is 38.4. The fraction of sp³-hybridized carbons (Fsp3) is 0.516. The van der Waals surface area contributed by atoms with Crippen molar-refractivity contribution in [1.29, 1.82) is 0 Å². The molecular weight excluding hydrogens is 690 g/mol. The van der Waals surface area contributed by atoms with E-state index in [-0.39, 0.29) is 63.7 Å². The van der Waals surface area contributed by atoms with Crippen LogP contribution in [-0.2, 0) is 23.9 Å². The normalized spacial score (nSPS) is 16.5. The predicted octanol–water partition coefficient (Wildman–Crippen LogP) is 1.17. The maximum Gasteiger partial charge on any atom is 0.409 e. The number of likely N-dealkylation sites (tertiary alicyclic amines) is 1. The maximum atomic E-state index is 14.2. The molecule has 2 saturated heterocycles. The molecule has 278 valence electrons. The zero-order valence-corrected chi connectivity index (χ0v) is 27.5. The molecule has 16 nitrogen and oxygen atoms in total. The molecule has 0 spiro atoms. The van der Waals surface area contributed by atoms with E-state index in [1.54, 1.807) is 6.92 Å². The average Bonchev–Trinajstić information content (AvgIpc) is 3.77. The van der Waals surface area contributed by atoms with E-state index < -0.39 is 91.1 Å². The molecule has 2 unspecified atom stereocenters. The van der Waals surface area contributed by atoms with E-state index in [4.69, 9.17) is 9.47 Å². The standard InChI is InChI=1S/C31H37F4N7O9/c1-2-50-31(49)40-12-10-39(11-13-40)30(48)21(7-8-27(44)45)37-28(46)22-15-26(42(38-22)18-5-6-19(32)20(33)14-18)51-17-25(43)41-9-3-4-23(41)29(47)36-16-24(34)35/h5-6,14-15,21,23-24H,2-4,7-13,16-17H2,1H3,(H,36,47)(H,37,46)(H,44,45). The van der Waals surface area contributed by atoms with Crippen LogP contribution in [0.3, 0.4) is 0 Å². The van der Waals surface area contributed by atoms with Gasteiger partial charge in [0.05, 0.1) is 18.8 Å². The van der Waals surface area contributed by atoms with Crippen LogP contribution in [0.1, 0.15) is 43.1 Å². The summed E-state index contributed by atoms with van der Waals surface area (Å²) in [6, 6.07) is 1.34. The minimum atomic E-state index is -2.79.